The van der Waals surface area contributed by atoms with Gasteiger partial charge in [0.05, 0.1) is 10.1 Å². The number of hydrogen-bond acceptors (Lipinski definition) is 1. The van der Waals surface area contributed by atoms with Crippen LogP contribution in [0.5, 0.6) is 0 Å². The topological polar surface area (TPSA) is 29.1 Å². The van der Waals surface area contributed by atoms with E-state index in [1.54, 1.807) is 12.2 Å². The third-order valence-corrected chi connectivity index (χ3v) is 2.31. The molecule has 1 amide bonds. The van der Waals surface area contributed by atoms with E-state index in [-0.39, 0.29) is 0 Å². The van der Waals surface area contributed by atoms with Crippen molar-refractivity contribution >= 4 is 29.6 Å². The molecule has 0 aliphatic rings. The standard InChI is InChI=1S/C10H13Cl2NO/c1-3-9(11)10(12)5-4-8(2)6-13-7-14/h3-5,7H,6H2,1-2H3,(H,13,14)/b8-4+,9-3+,10-5+. The smallest absolute Gasteiger partial charge is 0.207 e. The Morgan fingerprint density at radius 2 is 1.93 bits per heavy atom. The molecule has 2 nitrogen and oxygen atoms in total. The summed E-state index contributed by atoms with van der Waals surface area (Å²) in [5.41, 5.74) is 0.996. The van der Waals surface area contributed by atoms with Gasteiger partial charge in [-0.3, -0.25) is 4.79 Å². The summed E-state index contributed by atoms with van der Waals surface area (Å²) in [6.07, 6.45) is 5.88. The van der Waals surface area contributed by atoms with Crippen molar-refractivity contribution in [2.45, 2.75) is 13.8 Å². The molecule has 0 saturated carbocycles. The van der Waals surface area contributed by atoms with Gasteiger partial charge in [0.15, 0.2) is 0 Å². The summed E-state index contributed by atoms with van der Waals surface area (Å²) < 4.78 is 0. The third-order valence-electron chi connectivity index (χ3n) is 1.46. The van der Waals surface area contributed by atoms with Crippen molar-refractivity contribution in [2.75, 3.05) is 6.54 Å². The fourth-order valence-corrected chi connectivity index (χ4v) is 0.930. The molecule has 0 unspecified atom stereocenters. The number of hydrogen-bond donors (Lipinski definition) is 1. The van der Waals surface area contributed by atoms with Crippen molar-refractivity contribution in [3.63, 3.8) is 0 Å². The summed E-state index contributed by atoms with van der Waals surface area (Å²) in [6, 6.07) is 0. The Kier molecular flexibility index (Phi) is 7.25. The van der Waals surface area contributed by atoms with Crippen LogP contribution in [0.1, 0.15) is 13.8 Å². The summed E-state index contributed by atoms with van der Waals surface area (Å²) in [5, 5.41) is 3.54. The van der Waals surface area contributed by atoms with Crippen molar-refractivity contribution in [3.05, 3.63) is 33.9 Å². The number of nitrogens with one attached hydrogen (secondary N) is 1. The highest BCUT2D eigenvalue weighted by atomic mass is 35.5. The minimum Gasteiger partial charge on any atom is -0.355 e. The van der Waals surface area contributed by atoms with Gasteiger partial charge in [-0.2, -0.15) is 0 Å². The van der Waals surface area contributed by atoms with Crippen molar-refractivity contribution in [2.24, 2.45) is 0 Å². The molecule has 0 bridgehead atoms. The number of rotatable bonds is 5. The van der Waals surface area contributed by atoms with Crippen molar-refractivity contribution in [3.8, 4) is 0 Å². The van der Waals surface area contributed by atoms with Crippen LogP contribution in [-0.2, 0) is 4.79 Å². The molecule has 0 fully saturated rings. The predicted molar refractivity (Wildman–Crippen MR) is 61.4 cm³/mol. The second kappa shape index (κ2) is 7.65. The first-order valence-electron chi connectivity index (χ1n) is 4.14. The van der Waals surface area contributed by atoms with Crippen molar-refractivity contribution in [1.82, 2.24) is 5.32 Å². The minimum atomic E-state index is 0.486. The molecule has 14 heavy (non-hydrogen) atoms. The maximum Gasteiger partial charge on any atom is 0.207 e. The van der Waals surface area contributed by atoms with Gasteiger partial charge in [-0.25, -0.2) is 0 Å². The van der Waals surface area contributed by atoms with Crippen LogP contribution in [0.2, 0.25) is 0 Å². The lowest BCUT2D eigenvalue weighted by atomic mass is 10.2. The Labute approximate surface area is 94.3 Å². The molecule has 1 N–H and O–H groups in total. The number of carbonyl (C=O) groups is 1. The maximum atomic E-state index is 9.99. The van der Waals surface area contributed by atoms with E-state index in [1.165, 1.54) is 0 Å². The van der Waals surface area contributed by atoms with E-state index in [4.69, 9.17) is 23.2 Å². The second-order valence-corrected chi connectivity index (χ2v) is 3.48. The van der Waals surface area contributed by atoms with Gasteiger partial charge in [0.1, 0.15) is 0 Å². The molecule has 0 aliphatic heterocycles. The van der Waals surface area contributed by atoms with E-state index in [2.05, 4.69) is 5.32 Å². The molecular formula is C10H13Cl2NO. The average Bonchev–Trinajstić information content (AvgIpc) is 2.21. The van der Waals surface area contributed by atoms with E-state index >= 15 is 0 Å². The average molecular weight is 234 g/mol. The first kappa shape index (κ1) is 13.3. The van der Waals surface area contributed by atoms with Crippen LogP contribution in [0.4, 0.5) is 0 Å². The molecule has 0 aromatic heterocycles. The van der Waals surface area contributed by atoms with Crippen LogP contribution in [0, 0.1) is 0 Å². The monoisotopic (exact) mass is 233 g/mol. The lowest BCUT2D eigenvalue weighted by Crippen LogP contribution is -2.12. The SMILES string of the molecule is C\C=C(Cl)/C(Cl)=C\C=C(/C)CNC=O. The van der Waals surface area contributed by atoms with Gasteiger partial charge in [0, 0.05) is 6.54 Å². The molecule has 0 spiro atoms. The summed E-state index contributed by atoms with van der Waals surface area (Å²) in [7, 11) is 0. The largest absolute Gasteiger partial charge is 0.355 e. The highest BCUT2D eigenvalue weighted by Crippen LogP contribution is 2.18. The van der Waals surface area contributed by atoms with Crippen LogP contribution < -0.4 is 5.32 Å². The molecule has 0 aromatic rings. The quantitative estimate of drug-likeness (QED) is 0.575. The highest BCUT2D eigenvalue weighted by molar-refractivity contribution is 6.43. The normalized spacial score (nSPS) is 14.1. The number of carbonyl (C=O) groups excluding carboxylic acids is 1. The van der Waals surface area contributed by atoms with Gasteiger partial charge >= 0.3 is 0 Å². The van der Waals surface area contributed by atoms with Crippen molar-refractivity contribution in [1.29, 1.82) is 0 Å². The second-order valence-electron chi connectivity index (χ2n) is 2.66. The molecule has 4 heteroatoms. The van der Waals surface area contributed by atoms with Crippen LogP contribution in [-0.4, -0.2) is 13.0 Å². The Bertz CT molecular complexity index is 280. The zero-order valence-corrected chi connectivity index (χ0v) is 9.69. The molecule has 0 heterocycles. The van der Waals surface area contributed by atoms with Crippen molar-refractivity contribution < 1.29 is 4.79 Å². The third kappa shape index (κ3) is 5.84. The summed E-state index contributed by atoms with van der Waals surface area (Å²) in [5.74, 6) is 0. The molecule has 0 aromatic carbocycles. The molecule has 0 radical (unpaired) electrons. The van der Waals surface area contributed by atoms with Gasteiger partial charge in [0.25, 0.3) is 0 Å². The number of halogens is 2. The minimum absolute atomic E-state index is 0.486. The summed E-state index contributed by atoms with van der Waals surface area (Å²) in [6.45, 7) is 4.21. The predicted octanol–water partition coefficient (Wildman–Crippen LogP) is 2.94. The Hall–Kier alpha value is -0.730. The lowest BCUT2D eigenvalue weighted by Gasteiger charge is -1.97. The maximum absolute atomic E-state index is 9.99. The zero-order valence-electron chi connectivity index (χ0n) is 8.18. The lowest BCUT2D eigenvalue weighted by molar-refractivity contribution is -0.109. The fourth-order valence-electron chi connectivity index (χ4n) is 0.694. The molecule has 0 aliphatic carbocycles. The first-order valence-corrected chi connectivity index (χ1v) is 4.89. The first-order chi connectivity index (χ1) is 6.61. The Morgan fingerprint density at radius 3 is 2.43 bits per heavy atom. The summed E-state index contributed by atoms with van der Waals surface area (Å²) in [4.78, 5) is 9.99. The molecule has 78 valence electrons. The zero-order chi connectivity index (χ0) is 11.0. The molecule has 0 saturated heterocycles. The van der Waals surface area contributed by atoms with Crippen LogP contribution in [0.3, 0.4) is 0 Å². The van der Waals surface area contributed by atoms with Gasteiger partial charge < -0.3 is 5.32 Å². The van der Waals surface area contributed by atoms with E-state index < -0.39 is 0 Å². The Balaban J connectivity index is 4.30. The van der Waals surface area contributed by atoms with Gasteiger partial charge in [-0.05, 0) is 19.9 Å². The molecule has 0 atom stereocenters. The van der Waals surface area contributed by atoms with Crippen LogP contribution in [0.25, 0.3) is 0 Å². The Morgan fingerprint density at radius 1 is 1.29 bits per heavy atom. The summed E-state index contributed by atoms with van der Waals surface area (Å²) >= 11 is 11.6. The molecule has 0 rings (SSSR count). The van der Waals surface area contributed by atoms with Gasteiger partial charge in [-0.15, -0.1) is 0 Å². The van der Waals surface area contributed by atoms with Crippen LogP contribution in [0.15, 0.2) is 33.9 Å². The van der Waals surface area contributed by atoms with Gasteiger partial charge in [-0.1, -0.05) is 40.9 Å². The van der Waals surface area contributed by atoms with E-state index in [0.29, 0.717) is 23.0 Å². The van der Waals surface area contributed by atoms with E-state index in [9.17, 15) is 4.79 Å². The number of allylic oxidation sites excluding steroid dienone is 5. The van der Waals surface area contributed by atoms with E-state index in [0.717, 1.165) is 5.57 Å². The van der Waals surface area contributed by atoms with Crippen LogP contribution >= 0.6 is 23.2 Å². The number of amides is 1. The van der Waals surface area contributed by atoms with Gasteiger partial charge in [0.2, 0.25) is 6.41 Å². The van der Waals surface area contributed by atoms with E-state index in [1.807, 2.05) is 19.9 Å². The molecular weight excluding hydrogens is 221 g/mol. The fraction of sp³-hybridized carbons (Fsp3) is 0.300. The highest BCUT2D eigenvalue weighted by Gasteiger charge is 1.94.